The molecule has 1 saturated carbocycles. The zero-order valence-corrected chi connectivity index (χ0v) is 20.7. The molecule has 1 aliphatic carbocycles. The monoisotopic (exact) mass is 499 g/mol. The van der Waals surface area contributed by atoms with Crippen molar-refractivity contribution >= 4 is 38.2 Å². The lowest BCUT2D eigenvalue weighted by atomic mass is 9.89. The van der Waals surface area contributed by atoms with E-state index in [1.165, 1.54) is 44.2 Å². The Morgan fingerprint density at radius 3 is 2.32 bits per heavy atom. The Morgan fingerprint density at radius 2 is 1.62 bits per heavy atom. The zero-order valence-electron chi connectivity index (χ0n) is 19.2. The third-order valence-corrected chi connectivity index (χ3v) is 9.27. The van der Waals surface area contributed by atoms with Crippen molar-refractivity contribution < 1.29 is 13.2 Å². The molecule has 6 nitrogen and oxygen atoms in total. The number of aromatic amines is 1. The first kappa shape index (κ1) is 23.4. The van der Waals surface area contributed by atoms with E-state index < -0.39 is 9.84 Å². The van der Waals surface area contributed by atoms with Crippen LogP contribution in [0.2, 0.25) is 5.02 Å². The van der Waals surface area contributed by atoms with Gasteiger partial charge >= 0.3 is 0 Å². The maximum atomic E-state index is 13.7. The lowest BCUT2D eigenvalue weighted by molar-refractivity contribution is 0.0598. The zero-order chi connectivity index (χ0) is 23.7. The van der Waals surface area contributed by atoms with Gasteiger partial charge < -0.3 is 9.88 Å². The van der Waals surface area contributed by atoms with Crippen LogP contribution in [-0.4, -0.2) is 61.8 Å². The first-order valence-electron chi connectivity index (χ1n) is 12.1. The van der Waals surface area contributed by atoms with Gasteiger partial charge in [-0.05, 0) is 49.1 Å². The van der Waals surface area contributed by atoms with E-state index in [9.17, 15) is 13.2 Å². The van der Waals surface area contributed by atoms with E-state index in [0.29, 0.717) is 29.0 Å². The van der Waals surface area contributed by atoms with Crippen LogP contribution in [-0.2, 0) is 9.84 Å². The quantitative estimate of drug-likeness (QED) is 0.536. The molecule has 2 fully saturated rings. The van der Waals surface area contributed by atoms with Crippen LogP contribution in [0.25, 0.3) is 10.9 Å². The lowest BCUT2D eigenvalue weighted by Crippen LogP contribution is -2.50. The number of halogens is 1. The van der Waals surface area contributed by atoms with E-state index >= 15 is 0 Å². The molecule has 1 aromatic heterocycles. The summed E-state index contributed by atoms with van der Waals surface area (Å²) < 4.78 is 27.3. The van der Waals surface area contributed by atoms with Crippen LogP contribution in [0.1, 0.15) is 42.6 Å². The van der Waals surface area contributed by atoms with Crippen LogP contribution in [0.5, 0.6) is 0 Å². The number of nitrogens with one attached hydrogen (secondary N) is 1. The Balaban J connectivity index is 1.40. The summed E-state index contributed by atoms with van der Waals surface area (Å²) in [6.45, 7) is 3.94. The normalized spacial score (nSPS) is 18.4. The highest BCUT2D eigenvalue weighted by Gasteiger charge is 2.33. The number of fused-ring (bicyclic) bond motifs is 1. The molecular formula is C26H30ClN3O3S. The Kier molecular flexibility index (Phi) is 6.69. The van der Waals surface area contributed by atoms with Crippen molar-refractivity contribution in [1.29, 1.82) is 0 Å². The first-order chi connectivity index (χ1) is 16.4. The van der Waals surface area contributed by atoms with Crippen LogP contribution in [0, 0.1) is 5.92 Å². The SMILES string of the molecule is O=C(c1[nH]c2ccccc2c1S(=O)(=O)c1ccc(Cl)cc1)N1CCN(CC2CCCCC2)CC1. The van der Waals surface area contributed by atoms with Crippen LogP contribution in [0.15, 0.2) is 58.3 Å². The molecule has 0 atom stereocenters. The fourth-order valence-electron chi connectivity index (χ4n) is 5.30. The summed E-state index contributed by atoms with van der Waals surface area (Å²) in [7, 11) is -3.93. The van der Waals surface area contributed by atoms with Crippen molar-refractivity contribution in [2.75, 3.05) is 32.7 Å². The number of H-pyrrole nitrogens is 1. The third kappa shape index (κ3) is 4.61. The second-order valence-electron chi connectivity index (χ2n) is 9.43. The Hall–Kier alpha value is -2.35. The Bertz CT molecular complexity index is 1270. The van der Waals surface area contributed by atoms with Crippen LogP contribution >= 0.6 is 11.6 Å². The van der Waals surface area contributed by atoms with Gasteiger partial charge in [0.25, 0.3) is 5.91 Å². The minimum atomic E-state index is -3.93. The first-order valence-corrected chi connectivity index (χ1v) is 13.9. The number of sulfone groups is 1. The highest BCUT2D eigenvalue weighted by molar-refractivity contribution is 7.91. The molecule has 180 valence electrons. The molecule has 2 aromatic carbocycles. The van der Waals surface area contributed by atoms with Gasteiger partial charge in [0.1, 0.15) is 10.6 Å². The predicted molar refractivity (Wildman–Crippen MR) is 134 cm³/mol. The van der Waals surface area contributed by atoms with Crippen LogP contribution in [0.4, 0.5) is 0 Å². The molecule has 1 saturated heterocycles. The van der Waals surface area contributed by atoms with E-state index in [2.05, 4.69) is 9.88 Å². The summed E-state index contributed by atoms with van der Waals surface area (Å²) in [4.78, 5) is 21.1. The van der Waals surface area contributed by atoms with Crippen molar-refractivity contribution in [3.05, 3.63) is 59.2 Å². The van der Waals surface area contributed by atoms with Crippen molar-refractivity contribution in [2.45, 2.75) is 41.9 Å². The summed E-state index contributed by atoms with van der Waals surface area (Å²) in [5.41, 5.74) is 0.770. The molecule has 1 amide bonds. The van der Waals surface area contributed by atoms with Crippen LogP contribution < -0.4 is 0 Å². The summed E-state index contributed by atoms with van der Waals surface area (Å²) in [6, 6.07) is 13.2. The van der Waals surface area contributed by atoms with Crippen molar-refractivity contribution in [3.8, 4) is 0 Å². The molecule has 3 aromatic rings. The molecule has 5 rings (SSSR count). The lowest BCUT2D eigenvalue weighted by Gasteiger charge is -2.37. The van der Waals surface area contributed by atoms with Gasteiger partial charge in [-0.25, -0.2) is 8.42 Å². The Labute approximate surface area is 205 Å². The average Bonchev–Trinajstić information content (AvgIpc) is 3.25. The van der Waals surface area contributed by atoms with Gasteiger partial charge in [-0.2, -0.15) is 0 Å². The maximum absolute atomic E-state index is 13.7. The molecule has 1 N–H and O–H groups in total. The minimum Gasteiger partial charge on any atom is -0.349 e. The third-order valence-electron chi connectivity index (χ3n) is 7.17. The maximum Gasteiger partial charge on any atom is 0.271 e. The smallest absolute Gasteiger partial charge is 0.271 e. The molecule has 2 aliphatic rings. The number of hydrogen-bond acceptors (Lipinski definition) is 4. The summed E-state index contributed by atoms with van der Waals surface area (Å²) >= 11 is 5.97. The number of nitrogens with zero attached hydrogens (tertiary/aromatic N) is 2. The van der Waals surface area contributed by atoms with E-state index in [1.54, 1.807) is 35.2 Å². The molecule has 0 unspecified atom stereocenters. The average molecular weight is 500 g/mol. The minimum absolute atomic E-state index is 0.0417. The molecular weight excluding hydrogens is 470 g/mol. The summed E-state index contributed by atoms with van der Waals surface area (Å²) in [5, 5.41) is 0.983. The number of aromatic nitrogens is 1. The molecule has 2 heterocycles. The topological polar surface area (TPSA) is 73.5 Å². The molecule has 34 heavy (non-hydrogen) atoms. The standard InChI is InChI=1S/C26H30ClN3O3S/c27-20-10-12-21(13-11-20)34(32,33)25-22-8-4-5-9-23(22)28-24(25)26(31)30-16-14-29(15-17-30)18-19-6-2-1-3-7-19/h4-5,8-13,19,28H,1-3,6-7,14-18H2. The molecule has 0 bridgehead atoms. The predicted octanol–water partition coefficient (Wildman–Crippen LogP) is 4.99. The number of para-hydroxylation sites is 1. The molecule has 8 heteroatoms. The van der Waals surface area contributed by atoms with E-state index in [0.717, 1.165) is 25.6 Å². The van der Waals surface area contributed by atoms with Gasteiger partial charge in [0.2, 0.25) is 9.84 Å². The molecule has 0 radical (unpaired) electrons. The van der Waals surface area contributed by atoms with Gasteiger partial charge in [-0.15, -0.1) is 0 Å². The second kappa shape index (κ2) is 9.72. The van der Waals surface area contributed by atoms with Gasteiger partial charge in [-0.1, -0.05) is 49.1 Å². The van der Waals surface area contributed by atoms with Gasteiger partial charge in [0.05, 0.1) is 4.90 Å². The molecule has 0 spiro atoms. The highest BCUT2D eigenvalue weighted by Crippen LogP contribution is 2.33. The summed E-state index contributed by atoms with van der Waals surface area (Å²) in [6.07, 6.45) is 6.62. The van der Waals surface area contributed by atoms with Crippen molar-refractivity contribution in [3.63, 3.8) is 0 Å². The number of carbonyl (C=O) groups is 1. The van der Waals surface area contributed by atoms with Gasteiger partial charge in [0.15, 0.2) is 0 Å². The van der Waals surface area contributed by atoms with E-state index in [1.807, 2.05) is 6.07 Å². The fraction of sp³-hybridized carbons (Fsp3) is 0.423. The Morgan fingerprint density at radius 1 is 0.941 bits per heavy atom. The number of carbonyl (C=O) groups excluding carboxylic acids is 1. The number of amides is 1. The highest BCUT2D eigenvalue weighted by atomic mass is 35.5. The number of hydrogen-bond donors (Lipinski definition) is 1. The van der Waals surface area contributed by atoms with Gasteiger partial charge in [-0.3, -0.25) is 9.69 Å². The van der Waals surface area contributed by atoms with E-state index in [4.69, 9.17) is 11.6 Å². The second-order valence-corrected chi connectivity index (χ2v) is 11.8. The van der Waals surface area contributed by atoms with E-state index in [-0.39, 0.29) is 21.4 Å². The summed E-state index contributed by atoms with van der Waals surface area (Å²) in [5.74, 6) is 0.502. The van der Waals surface area contributed by atoms with Crippen LogP contribution in [0.3, 0.4) is 0 Å². The van der Waals surface area contributed by atoms with Gasteiger partial charge in [0, 0.05) is 48.6 Å². The number of rotatable bonds is 5. The largest absolute Gasteiger partial charge is 0.349 e. The number of benzene rings is 2. The van der Waals surface area contributed by atoms with Crippen molar-refractivity contribution in [1.82, 2.24) is 14.8 Å². The fourth-order valence-corrected chi connectivity index (χ4v) is 7.03. The van der Waals surface area contributed by atoms with Crippen molar-refractivity contribution in [2.24, 2.45) is 5.92 Å². The number of piperazine rings is 1. The molecule has 1 aliphatic heterocycles.